The molecule has 0 heterocycles. The van der Waals surface area contributed by atoms with Crippen LogP contribution in [0.3, 0.4) is 0 Å². The normalized spacial score (nSPS) is 9.33. The molecule has 63 valence electrons. The van der Waals surface area contributed by atoms with Gasteiger partial charge in [-0.3, -0.25) is 5.41 Å². The first kappa shape index (κ1) is 8.39. The zero-order valence-corrected chi connectivity index (χ0v) is 6.59. The van der Waals surface area contributed by atoms with Crippen molar-refractivity contribution in [3.05, 3.63) is 29.8 Å². The molecule has 0 spiro atoms. The van der Waals surface area contributed by atoms with Gasteiger partial charge in [0.15, 0.2) is 5.96 Å². The summed E-state index contributed by atoms with van der Waals surface area (Å²) < 4.78 is 0. The summed E-state index contributed by atoms with van der Waals surface area (Å²) in [4.78, 5) is 0. The average Bonchev–Trinajstić information content (AvgIpc) is 2.03. The zero-order valence-electron chi connectivity index (χ0n) is 6.59. The smallest absolute Gasteiger partial charge is 0.185 e. The molecule has 0 amide bonds. The number of guanidine groups is 1. The van der Waals surface area contributed by atoms with Gasteiger partial charge in [0.25, 0.3) is 0 Å². The van der Waals surface area contributed by atoms with E-state index in [1.165, 1.54) is 0 Å². The van der Waals surface area contributed by atoms with E-state index in [0.29, 0.717) is 12.2 Å². The lowest BCUT2D eigenvalue weighted by molar-refractivity contribution is 0.897. The standard InChI is InChI=1S/C8H11N4/c9-7-3-1-6(2-4-7)5-12-8(10)11/h1-4,9H,5H2,(H4,10,11,12). The molecular weight excluding hydrogens is 152 g/mol. The Hall–Kier alpha value is -1.71. The molecule has 0 atom stereocenters. The fraction of sp³-hybridized carbons (Fsp3) is 0.125. The van der Waals surface area contributed by atoms with E-state index in [9.17, 15) is 0 Å². The topological polar surface area (TPSA) is 85.7 Å². The largest absolute Gasteiger partial charge is 0.370 e. The number of hydrogen-bond donors (Lipinski definition) is 3. The predicted octanol–water partition coefficient (Wildman–Crippen LogP) is 0.584. The maximum absolute atomic E-state index is 7.22. The minimum atomic E-state index is -0.0371. The summed E-state index contributed by atoms with van der Waals surface area (Å²) in [5.74, 6) is -0.0371. The number of nitrogens with two attached hydrogens (primary N) is 1. The molecule has 5 N–H and O–H groups in total. The second kappa shape index (κ2) is 3.61. The van der Waals surface area contributed by atoms with Crippen molar-refractivity contribution in [3.63, 3.8) is 0 Å². The van der Waals surface area contributed by atoms with Crippen LogP contribution in [0.25, 0.3) is 0 Å². The highest BCUT2D eigenvalue weighted by atomic mass is 15.0. The Balaban J connectivity index is 2.53. The monoisotopic (exact) mass is 163 g/mol. The van der Waals surface area contributed by atoms with E-state index in [-0.39, 0.29) is 5.96 Å². The summed E-state index contributed by atoms with van der Waals surface area (Å²) >= 11 is 0. The third-order valence-electron chi connectivity index (χ3n) is 1.44. The van der Waals surface area contributed by atoms with E-state index in [0.717, 1.165) is 5.56 Å². The van der Waals surface area contributed by atoms with E-state index in [2.05, 4.69) is 5.32 Å². The van der Waals surface area contributed by atoms with E-state index < -0.39 is 0 Å². The molecule has 0 saturated carbocycles. The van der Waals surface area contributed by atoms with Crippen molar-refractivity contribution in [2.45, 2.75) is 6.54 Å². The molecule has 4 heteroatoms. The second-order valence-corrected chi connectivity index (χ2v) is 2.46. The van der Waals surface area contributed by atoms with Gasteiger partial charge in [-0.15, -0.1) is 0 Å². The molecule has 1 aromatic rings. The fourth-order valence-corrected chi connectivity index (χ4v) is 0.820. The summed E-state index contributed by atoms with van der Waals surface area (Å²) in [6, 6.07) is 7.07. The van der Waals surface area contributed by atoms with Crippen LogP contribution in [0, 0.1) is 5.41 Å². The van der Waals surface area contributed by atoms with E-state index in [4.69, 9.17) is 16.9 Å². The van der Waals surface area contributed by atoms with Crippen molar-refractivity contribution in [3.8, 4) is 0 Å². The van der Waals surface area contributed by atoms with Crippen molar-refractivity contribution < 1.29 is 0 Å². The minimum absolute atomic E-state index is 0.0371. The van der Waals surface area contributed by atoms with Gasteiger partial charge >= 0.3 is 0 Å². The van der Waals surface area contributed by atoms with Crippen LogP contribution in [-0.2, 0) is 6.54 Å². The Labute approximate surface area is 71.1 Å². The van der Waals surface area contributed by atoms with Crippen LogP contribution >= 0.6 is 0 Å². The van der Waals surface area contributed by atoms with Gasteiger partial charge in [0, 0.05) is 6.54 Å². The highest BCUT2D eigenvalue weighted by molar-refractivity contribution is 5.74. The number of rotatable bonds is 2. The highest BCUT2D eigenvalue weighted by Gasteiger charge is 1.92. The summed E-state index contributed by atoms with van der Waals surface area (Å²) in [5, 5.41) is 9.60. The van der Waals surface area contributed by atoms with Crippen LogP contribution in [0.1, 0.15) is 5.56 Å². The maximum Gasteiger partial charge on any atom is 0.185 e. The van der Waals surface area contributed by atoms with Gasteiger partial charge < -0.3 is 16.8 Å². The van der Waals surface area contributed by atoms with Crippen LogP contribution in [0.4, 0.5) is 5.69 Å². The Morgan fingerprint density at radius 1 is 1.33 bits per heavy atom. The lowest BCUT2D eigenvalue weighted by Gasteiger charge is -2.03. The first-order chi connectivity index (χ1) is 5.68. The third kappa shape index (κ3) is 2.49. The molecule has 0 aliphatic carbocycles. The summed E-state index contributed by atoms with van der Waals surface area (Å²) in [5.41, 5.74) is 13.8. The molecule has 0 aliphatic rings. The molecule has 1 aromatic carbocycles. The molecule has 0 aromatic heterocycles. The molecule has 0 unspecified atom stereocenters. The van der Waals surface area contributed by atoms with Crippen LogP contribution in [0.5, 0.6) is 0 Å². The van der Waals surface area contributed by atoms with Gasteiger partial charge in [-0.2, -0.15) is 0 Å². The second-order valence-electron chi connectivity index (χ2n) is 2.46. The van der Waals surface area contributed by atoms with Crippen LogP contribution in [0.2, 0.25) is 0 Å². The Morgan fingerprint density at radius 3 is 2.42 bits per heavy atom. The van der Waals surface area contributed by atoms with E-state index >= 15 is 0 Å². The Bertz CT molecular complexity index is 265. The number of benzene rings is 1. The highest BCUT2D eigenvalue weighted by Crippen LogP contribution is 2.05. The van der Waals surface area contributed by atoms with Crippen LogP contribution < -0.4 is 16.8 Å². The quantitative estimate of drug-likeness (QED) is 0.440. The van der Waals surface area contributed by atoms with Crippen molar-refractivity contribution in [2.24, 2.45) is 5.73 Å². The molecule has 0 aliphatic heterocycles. The van der Waals surface area contributed by atoms with Gasteiger partial charge in [0.1, 0.15) is 0 Å². The number of hydrogen-bond acceptors (Lipinski definition) is 1. The lowest BCUT2D eigenvalue weighted by atomic mass is 10.2. The molecule has 1 rings (SSSR count). The van der Waals surface area contributed by atoms with Crippen molar-refractivity contribution in [2.75, 3.05) is 0 Å². The maximum atomic E-state index is 7.22. The van der Waals surface area contributed by atoms with Gasteiger partial charge in [-0.05, 0) is 17.7 Å². The van der Waals surface area contributed by atoms with Crippen molar-refractivity contribution in [1.29, 1.82) is 5.41 Å². The number of nitrogens with one attached hydrogen (secondary N) is 3. The van der Waals surface area contributed by atoms with Crippen LogP contribution in [-0.4, -0.2) is 5.96 Å². The summed E-state index contributed by atoms with van der Waals surface area (Å²) in [7, 11) is 0. The molecule has 0 fully saturated rings. The summed E-state index contributed by atoms with van der Waals surface area (Å²) in [6.07, 6.45) is 0. The van der Waals surface area contributed by atoms with Gasteiger partial charge in [-0.25, -0.2) is 0 Å². The Morgan fingerprint density at radius 2 is 1.92 bits per heavy atom. The third-order valence-corrected chi connectivity index (χ3v) is 1.44. The molecule has 0 bridgehead atoms. The molecule has 0 saturated heterocycles. The van der Waals surface area contributed by atoms with Gasteiger partial charge in [0.05, 0.1) is 5.69 Å². The minimum Gasteiger partial charge on any atom is -0.370 e. The van der Waals surface area contributed by atoms with Gasteiger partial charge in [-0.1, -0.05) is 12.1 Å². The van der Waals surface area contributed by atoms with Crippen molar-refractivity contribution >= 4 is 11.6 Å². The zero-order chi connectivity index (χ0) is 8.97. The molecular formula is C8H11N4. The predicted molar refractivity (Wildman–Crippen MR) is 48.0 cm³/mol. The first-order valence-corrected chi connectivity index (χ1v) is 3.57. The molecule has 12 heavy (non-hydrogen) atoms. The lowest BCUT2D eigenvalue weighted by Crippen LogP contribution is -2.29. The molecule has 4 nitrogen and oxygen atoms in total. The van der Waals surface area contributed by atoms with Crippen molar-refractivity contribution in [1.82, 2.24) is 11.1 Å². The summed E-state index contributed by atoms with van der Waals surface area (Å²) in [6.45, 7) is 0.537. The SMILES string of the molecule is [NH]c1ccc(CNC(=N)N)cc1. The fourth-order valence-electron chi connectivity index (χ4n) is 0.820. The van der Waals surface area contributed by atoms with Gasteiger partial charge in [0.2, 0.25) is 0 Å². The van der Waals surface area contributed by atoms with E-state index in [1.807, 2.05) is 12.1 Å². The first-order valence-electron chi connectivity index (χ1n) is 3.57. The van der Waals surface area contributed by atoms with E-state index in [1.54, 1.807) is 12.1 Å². The Kier molecular flexibility index (Phi) is 2.53. The van der Waals surface area contributed by atoms with Crippen LogP contribution in [0.15, 0.2) is 24.3 Å². The molecule has 1 radical (unpaired) electrons. The average molecular weight is 163 g/mol.